The molecule has 6 heteroatoms. The van der Waals surface area contributed by atoms with Crippen LogP contribution in [0, 0.1) is 0 Å². The van der Waals surface area contributed by atoms with E-state index >= 15 is 0 Å². The van der Waals surface area contributed by atoms with Gasteiger partial charge in [0.15, 0.2) is 0 Å². The van der Waals surface area contributed by atoms with Crippen molar-refractivity contribution in [1.82, 2.24) is 13.5 Å². The third-order valence-electron chi connectivity index (χ3n) is 22.8. The van der Waals surface area contributed by atoms with E-state index in [1.807, 2.05) is 18.2 Å². The summed E-state index contributed by atoms with van der Waals surface area (Å²) in [7, 11) is 0. The highest BCUT2D eigenvalue weighted by Gasteiger charge is 2.46. The van der Waals surface area contributed by atoms with Crippen molar-refractivity contribution in [3.05, 3.63) is 388 Å². The molecular formula is C102H64BN5. The molecule has 500 valence electrons. The average Bonchev–Trinajstić information content (AvgIpc) is 1.11. The standard InChI is InChI=1S/C102H64BN5/c1-5-28-65(29-6-1)69-52-56-94(84(58-69)67-32-9-3-10-33-67)106-97-60-71(104-89-47-22-17-40-77(89)78-41-18-23-48-90(78)104)54-55-87(97)103-88-63-86-76-39-16-14-37-74(76)73-36-13-15-38-75(73)82-45-27-46-83-81-44-21-26-51-93(81)108(102(82)83)96(86)64-98(88)107(95-57-53-70(66-30-7-2-8-31-66)59-85(95)68-34-11-4-12-35-68)100-62-72(61-99(106)101(100)103)105-91-49-24-19-42-79(91)80-43-20-25-50-92(80)105/h1-64H/i17D,18D,22D,23D,40D,41D,47D,48D. The first kappa shape index (κ1) is 52.7. The molecule has 0 N–H and O–H groups in total. The van der Waals surface area contributed by atoms with Crippen molar-refractivity contribution in [3.8, 4) is 55.9 Å². The molecule has 4 aromatic heterocycles. The second-order valence-electron chi connectivity index (χ2n) is 28.4. The fraction of sp³-hybridized carbons (Fsp3) is 0. The maximum Gasteiger partial charge on any atom is 0.252 e. The third kappa shape index (κ3) is 8.89. The Morgan fingerprint density at radius 1 is 0.222 bits per heavy atom. The van der Waals surface area contributed by atoms with Crippen LogP contribution < -0.4 is 26.2 Å². The Hall–Kier alpha value is -14.2. The van der Waals surface area contributed by atoms with E-state index in [1.165, 1.54) is 0 Å². The van der Waals surface area contributed by atoms with E-state index in [4.69, 9.17) is 2.74 Å². The lowest BCUT2D eigenvalue weighted by molar-refractivity contribution is 1.15. The van der Waals surface area contributed by atoms with Crippen molar-refractivity contribution in [3.63, 3.8) is 0 Å². The molecule has 21 aromatic rings. The van der Waals surface area contributed by atoms with Crippen LogP contribution in [0.4, 0.5) is 34.1 Å². The normalized spacial score (nSPS) is 13.6. The van der Waals surface area contributed by atoms with Crippen LogP contribution in [-0.4, -0.2) is 20.2 Å². The quantitative estimate of drug-likeness (QED) is 0.141. The van der Waals surface area contributed by atoms with Gasteiger partial charge in [0.25, 0.3) is 6.71 Å². The summed E-state index contributed by atoms with van der Waals surface area (Å²) in [5.74, 6) is 0. The van der Waals surface area contributed by atoms with Gasteiger partial charge in [0.05, 0.1) is 66.6 Å². The molecule has 0 atom stereocenters. The van der Waals surface area contributed by atoms with Crippen LogP contribution in [0.25, 0.3) is 159 Å². The summed E-state index contributed by atoms with van der Waals surface area (Å²) >= 11 is 0. The second-order valence-corrected chi connectivity index (χ2v) is 28.4. The highest BCUT2D eigenvalue weighted by atomic mass is 15.2. The Kier molecular flexibility index (Phi) is 11.5. The minimum Gasteiger partial charge on any atom is -0.311 e. The summed E-state index contributed by atoms with van der Waals surface area (Å²) in [4.78, 5) is 4.97. The van der Waals surface area contributed by atoms with Crippen LogP contribution in [0.3, 0.4) is 0 Å². The Bertz CT molecular complexity index is 7770. The Labute approximate surface area is 635 Å². The maximum absolute atomic E-state index is 9.94. The summed E-state index contributed by atoms with van der Waals surface area (Å²) in [6.07, 6.45) is 0. The fourth-order valence-corrected chi connectivity index (χ4v) is 18.2. The first-order chi connectivity index (χ1) is 56.9. The van der Waals surface area contributed by atoms with Gasteiger partial charge in [-0.15, -0.1) is 0 Å². The number of anilines is 6. The van der Waals surface area contributed by atoms with E-state index in [9.17, 15) is 8.22 Å². The first-order valence-corrected chi connectivity index (χ1v) is 36.8. The summed E-state index contributed by atoms with van der Waals surface area (Å²) < 4.78 is 82.8. The number of hydrogen-bond acceptors (Lipinski definition) is 2. The summed E-state index contributed by atoms with van der Waals surface area (Å²) in [6.45, 7) is -0.592. The molecular weight excluding hydrogens is 1310 g/mol. The molecule has 17 aromatic carbocycles. The lowest BCUT2D eigenvalue weighted by Gasteiger charge is -2.45. The number of fused-ring (bicyclic) bond motifs is 20. The topological polar surface area (TPSA) is 20.8 Å². The van der Waals surface area contributed by atoms with E-state index < -0.39 is 43.0 Å². The molecule has 6 heterocycles. The predicted octanol–water partition coefficient (Wildman–Crippen LogP) is 25.2. The number of hydrogen-bond donors (Lipinski definition) is 0. The Balaban J connectivity index is 0.953. The lowest BCUT2D eigenvalue weighted by atomic mass is 9.33. The third-order valence-corrected chi connectivity index (χ3v) is 22.8. The number of benzene rings is 17. The van der Waals surface area contributed by atoms with Gasteiger partial charge in [0.2, 0.25) is 0 Å². The molecule has 0 aliphatic carbocycles. The Morgan fingerprint density at radius 3 is 1.15 bits per heavy atom. The molecule has 0 unspecified atom stereocenters. The van der Waals surface area contributed by atoms with Crippen LogP contribution in [0.2, 0.25) is 0 Å². The van der Waals surface area contributed by atoms with Crippen molar-refractivity contribution in [2.75, 3.05) is 9.80 Å². The Morgan fingerprint density at radius 2 is 0.620 bits per heavy atom. The van der Waals surface area contributed by atoms with E-state index in [-0.39, 0.29) is 33.9 Å². The van der Waals surface area contributed by atoms with Gasteiger partial charge in [-0.3, -0.25) is 0 Å². The van der Waals surface area contributed by atoms with Gasteiger partial charge in [-0.2, -0.15) is 0 Å². The van der Waals surface area contributed by atoms with E-state index in [0.29, 0.717) is 5.69 Å². The lowest BCUT2D eigenvalue weighted by Crippen LogP contribution is -2.61. The van der Waals surface area contributed by atoms with Gasteiger partial charge in [-0.1, -0.05) is 303 Å². The molecule has 2 aliphatic rings. The van der Waals surface area contributed by atoms with E-state index in [1.54, 1.807) is 4.57 Å². The molecule has 5 nitrogen and oxygen atoms in total. The molecule has 23 rings (SSSR count). The van der Waals surface area contributed by atoms with Crippen LogP contribution in [-0.2, 0) is 0 Å². The number of rotatable bonds is 8. The summed E-state index contributed by atoms with van der Waals surface area (Å²) in [5.41, 5.74) is 22.8. The maximum atomic E-state index is 9.94. The second kappa shape index (κ2) is 23.7. The average molecular weight is 1380 g/mol. The highest BCUT2D eigenvalue weighted by Crippen LogP contribution is 2.53. The summed E-state index contributed by atoms with van der Waals surface area (Å²) in [5, 5.41) is 10.9. The molecule has 0 radical (unpaired) electrons. The number of para-hydroxylation sites is 6. The molecule has 2 aliphatic heterocycles. The number of aromatic nitrogens is 3. The van der Waals surface area contributed by atoms with Crippen molar-refractivity contribution >= 4 is 160 Å². The number of nitrogens with zero attached hydrogens (tertiary/aromatic N) is 5. The van der Waals surface area contributed by atoms with Gasteiger partial charge >= 0.3 is 0 Å². The van der Waals surface area contributed by atoms with Crippen molar-refractivity contribution in [2.24, 2.45) is 0 Å². The minimum atomic E-state index is -0.592. The molecule has 0 saturated carbocycles. The van der Waals surface area contributed by atoms with Crippen LogP contribution in [0.1, 0.15) is 11.0 Å². The van der Waals surface area contributed by atoms with E-state index in [0.717, 1.165) is 182 Å². The van der Waals surface area contributed by atoms with Crippen molar-refractivity contribution < 1.29 is 11.0 Å². The van der Waals surface area contributed by atoms with Crippen molar-refractivity contribution in [1.29, 1.82) is 0 Å². The molecule has 0 bridgehead atoms. The predicted molar refractivity (Wildman–Crippen MR) is 458 cm³/mol. The minimum absolute atomic E-state index is 0.000198. The zero-order valence-corrected chi connectivity index (χ0v) is 58.1. The first-order valence-electron chi connectivity index (χ1n) is 40.8. The monoisotopic (exact) mass is 1380 g/mol. The van der Waals surface area contributed by atoms with Gasteiger partial charge in [0.1, 0.15) is 0 Å². The molecule has 0 saturated heterocycles. The van der Waals surface area contributed by atoms with E-state index in [2.05, 4.69) is 340 Å². The van der Waals surface area contributed by atoms with Gasteiger partial charge in [-0.25, -0.2) is 0 Å². The molecule has 0 fully saturated rings. The zero-order chi connectivity index (χ0) is 77.6. The highest BCUT2D eigenvalue weighted by molar-refractivity contribution is 7.00. The molecule has 108 heavy (non-hydrogen) atoms. The van der Waals surface area contributed by atoms with Gasteiger partial charge in [-0.05, 0) is 156 Å². The summed E-state index contributed by atoms with van der Waals surface area (Å²) in [6, 6.07) is 119. The largest absolute Gasteiger partial charge is 0.311 e. The molecule has 0 amide bonds. The van der Waals surface area contributed by atoms with Gasteiger partial charge < -0.3 is 23.3 Å². The fourth-order valence-electron chi connectivity index (χ4n) is 18.2. The zero-order valence-electron chi connectivity index (χ0n) is 66.1. The smallest absolute Gasteiger partial charge is 0.252 e. The van der Waals surface area contributed by atoms with Gasteiger partial charge in [0, 0.05) is 82.7 Å². The van der Waals surface area contributed by atoms with Crippen LogP contribution >= 0.6 is 0 Å². The van der Waals surface area contributed by atoms with Crippen LogP contribution in [0.15, 0.2) is 388 Å². The van der Waals surface area contributed by atoms with Crippen LogP contribution in [0.5, 0.6) is 0 Å². The van der Waals surface area contributed by atoms with Crippen molar-refractivity contribution in [2.45, 2.75) is 0 Å². The SMILES string of the molecule is [2H]c1c([2H])c([2H])c2c(c1[2H])c1c([2H])c([2H])c([2H])c([2H])c1n2-c1ccc2c(c1)N(c1ccc(-c3ccccc3)cc1-c1ccccc1)c1cc(-n3c4ccccc4c4ccccc43)cc3c1B2c1cc2c4ccccc4c4ccccc4c4cccc5c6ccccc6n(c2cc1N3c1ccc(-c2ccccc2)cc1-c1ccccc1)c45. The molecule has 0 spiro atoms.